The molecule has 6 nitrogen and oxygen atoms in total. The predicted molar refractivity (Wildman–Crippen MR) is 114 cm³/mol. The first-order valence-corrected chi connectivity index (χ1v) is 11.5. The second kappa shape index (κ2) is 9.41. The van der Waals surface area contributed by atoms with Crippen LogP contribution in [0.1, 0.15) is 42.1 Å². The lowest BCUT2D eigenvalue weighted by molar-refractivity contribution is 0.0719. The molecule has 2 aromatic rings. The Balaban J connectivity index is 1.92. The number of sulfonamides is 1. The monoisotopic (exact) mass is 416 g/mol. The Bertz CT molecular complexity index is 959. The predicted octanol–water partition coefficient (Wildman–Crippen LogP) is 3.06. The second-order valence-corrected chi connectivity index (χ2v) is 9.07. The number of para-hydroxylation sites is 1. The summed E-state index contributed by atoms with van der Waals surface area (Å²) < 4.78 is 28.1. The van der Waals surface area contributed by atoms with E-state index in [1.807, 2.05) is 31.2 Å². The molecule has 1 N–H and O–H groups in total. The van der Waals surface area contributed by atoms with Gasteiger partial charge in [0.05, 0.1) is 17.2 Å². The molecule has 0 saturated heterocycles. The quantitative estimate of drug-likeness (QED) is 0.717. The molecule has 156 valence electrons. The number of benzene rings is 2. The standard InChI is InChI=1S/C22H28N2O4S/c1-2-3-13-23(15-16-25)22(26)19-9-6-11-20(17-19)29(27,28)24-14-7-10-18-8-4-5-12-21(18)24/h4-6,8-9,11-12,17,25H,2-3,7,10,13-16H2,1H3. The fraction of sp³-hybridized carbons (Fsp3) is 0.409. The number of aliphatic hydroxyl groups is 1. The van der Waals surface area contributed by atoms with Crippen LogP contribution in [-0.2, 0) is 16.4 Å². The first kappa shape index (κ1) is 21.3. The Morgan fingerprint density at radius 1 is 1.14 bits per heavy atom. The summed E-state index contributed by atoms with van der Waals surface area (Å²) in [4.78, 5) is 14.6. The lowest BCUT2D eigenvalue weighted by atomic mass is 10.0. The lowest BCUT2D eigenvalue weighted by Crippen LogP contribution is -2.36. The molecule has 0 bridgehead atoms. The number of hydrogen-bond acceptors (Lipinski definition) is 4. The maximum absolute atomic E-state index is 13.4. The van der Waals surface area contributed by atoms with Crippen LogP contribution in [0.15, 0.2) is 53.4 Å². The van der Waals surface area contributed by atoms with Gasteiger partial charge < -0.3 is 10.0 Å². The fourth-order valence-corrected chi connectivity index (χ4v) is 5.22. The van der Waals surface area contributed by atoms with Crippen molar-refractivity contribution >= 4 is 21.6 Å². The van der Waals surface area contributed by atoms with Crippen molar-refractivity contribution in [1.29, 1.82) is 0 Å². The average molecular weight is 417 g/mol. The zero-order chi connectivity index (χ0) is 20.9. The number of amides is 1. The molecule has 29 heavy (non-hydrogen) atoms. The molecule has 0 spiro atoms. The van der Waals surface area contributed by atoms with Crippen LogP contribution in [0.4, 0.5) is 5.69 Å². The van der Waals surface area contributed by atoms with Crippen molar-refractivity contribution in [3.05, 3.63) is 59.7 Å². The summed E-state index contributed by atoms with van der Waals surface area (Å²) in [5.41, 5.74) is 2.05. The van der Waals surface area contributed by atoms with E-state index in [2.05, 4.69) is 0 Å². The molecule has 1 aliphatic rings. The Labute approximate surface area is 172 Å². The minimum Gasteiger partial charge on any atom is -0.395 e. The summed E-state index contributed by atoms with van der Waals surface area (Å²) in [5, 5.41) is 9.28. The van der Waals surface area contributed by atoms with Crippen molar-refractivity contribution in [1.82, 2.24) is 4.90 Å². The van der Waals surface area contributed by atoms with E-state index in [9.17, 15) is 18.3 Å². The molecule has 0 radical (unpaired) electrons. The number of hydrogen-bond donors (Lipinski definition) is 1. The van der Waals surface area contributed by atoms with E-state index >= 15 is 0 Å². The number of nitrogens with zero attached hydrogens (tertiary/aromatic N) is 2. The van der Waals surface area contributed by atoms with Crippen molar-refractivity contribution < 1.29 is 18.3 Å². The largest absolute Gasteiger partial charge is 0.395 e. The number of carbonyl (C=O) groups is 1. The molecule has 0 unspecified atom stereocenters. The number of aliphatic hydroxyl groups excluding tert-OH is 1. The first-order valence-electron chi connectivity index (χ1n) is 10.1. The smallest absolute Gasteiger partial charge is 0.264 e. The van der Waals surface area contributed by atoms with E-state index in [4.69, 9.17) is 0 Å². The number of fused-ring (bicyclic) bond motifs is 1. The van der Waals surface area contributed by atoms with Crippen LogP contribution < -0.4 is 4.31 Å². The SMILES string of the molecule is CCCCN(CCO)C(=O)c1cccc(S(=O)(=O)N2CCCc3ccccc32)c1. The number of rotatable bonds is 8. The van der Waals surface area contributed by atoms with Gasteiger partial charge in [-0.05, 0) is 49.1 Å². The van der Waals surface area contributed by atoms with E-state index in [0.29, 0.717) is 24.3 Å². The lowest BCUT2D eigenvalue weighted by Gasteiger charge is -2.30. The van der Waals surface area contributed by atoms with Crippen molar-refractivity contribution in [3.63, 3.8) is 0 Å². The molecular formula is C22H28N2O4S. The summed E-state index contributed by atoms with van der Waals surface area (Å²) in [6, 6.07) is 13.8. The molecule has 0 atom stereocenters. The van der Waals surface area contributed by atoms with E-state index in [-0.39, 0.29) is 24.0 Å². The van der Waals surface area contributed by atoms with Gasteiger partial charge in [-0.25, -0.2) is 8.42 Å². The minimum atomic E-state index is -3.77. The summed E-state index contributed by atoms with van der Waals surface area (Å²) in [7, 11) is -3.77. The van der Waals surface area contributed by atoms with Crippen LogP contribution in [0.5, 0.6) is 0 Å². The van der Waals surface area contributed by atoms with E-state index in [1.165, 1.54) is 16.4 Å². The molecule has 0 aliphatic carbocycles. The highest BCUT2D eigenvalue weighted by Gasteiger charge is 2.29. The van der Waals surface area contributed by atoms with Crippen LogP contribution >= 0.6 is 0 Å². The van der Waals surface area contributed by atoms with E-state index in [0.717, 1.165) is 31.2 Å². The summed E-state index contributed by atoms with van der Waals surface area (Å²) in [6.07, 6.45) is 3.37. The van der Waals surface area contributed by atoms with Gasteiger partial charge in [-0.1, -0.05) is 37.6 Å². The number of anilines is 1. The van der Waals surface area contributed by atoms with Crippen LogP contribution in [-0.4, -0.2) is 50.6 Å². The Kier molecular flexibility index (Phi) is 6.92. The highest BCUT2D eigenvalue weighted by Crippen LogP contribution is 2.32. The number of unbranched alkanes of at least 4 members (excludes halogenated alkanes) is 1. The van der Waals surface area contributed by atoms with Crippen molar-refractivity contribution in [3.8, 4) is 0 Å². The van der Waals surface area contributed by atoms with Crippen molar-refractivity contribution in [2.75, 3.05) is 30.5 Å². The van der Waals surface area contributed by atoms with Crippen molar-refractivity contribution in [2.45, 2.75) is 37.5 Å². The number of aryl methyl sites for hydroxylation is 1. The highest BCUT2D eigenvalue weighted by molar-refractivity contribution is 7.92. The van der Waals surface area contributed by atoms with Gasteiger partial charge in [-0.2, -0.15) is 0 Å². The Morgan fingerprint density at radius 2 is 1.93 bits per heavy atom. The molecule has 0 saturated carbocycles. The van der Waals surface area contributed by atoms with Gasteiger partial charge in [0, 0.05) is 25.2 Å². The maximum Gasteiger partial charge on any atom is 0.264 e. The zero-order valence-electron chi connectivity index (χ0n) is 16.8. The third-order valence-electron chi connectivity index (χ3n) is 5.18. The van der Waals surface area contributed by atoms with Gasteiger partial charge >= 0.3 is 0 Å². The van der Waals surface area contributed by atoms with Gasteiger partial charge in [0.15, 0.2) is 0 Å². The van der Waals surface area contributed by atoms with Gasteiger partial charge in [-0.15, -0.1) is 0 Å². The molecule has 0 aromatic heterocycles. The molecule has 2 aromatic carbocycles. The average Bonchev–Trinajstić information content (AvgIpc) is 2.75. The molecule has 1 heterocycles. The zero-order valence-corrected chi connectivity index (χ0v) is 17.6. The van der Waals surface area contributed by atoms with Gasteiger partial charge in [0.2, 0.25) is 0 Å². The molecule has 7 heteroatoms. The first-order chi connectivity index (χ1) is 14.0. The summed E-state index contributed by atoms with van der Waals surface area (Å²) >= 11 is 0. The molecule has 1 aliphatic heterocycles. The van der Waals surface area contributed by atoms with E-state index in [1.54, 1.807) is 17.0 Å². The van der Waals surface area contributed by atoms with Crippen molar-refractivity contribution in [2.24, 2.45) is 0 Å². The molecule has 0 fully saturated rings. The van der Waals surface area contributed by atoms with Gasteiger partial charge in [-0.3, -0.25) is 9.10 Å². The highest BCUT2D eigenvalue weighted by atomic mass is 32.2. The Hall–Kier alpha value is -2.38. The van der Waals surface area contributed by atoms with Crippen LogP contribution in [0.25, 0.3) is 0 Å². The van der Waals surface area contributed by atoms with Crippen LogP contribution in [0, 0.1) is 0 Å². The molecule has 1 amide bonds. The molecular weight excluding hydrogens is 388 g/mol. The third-order valence-corrected chi connectivity index (χ3v) is 6.98. The molecule has 3 rings (SSSR count). The summed E-state index contributed by atoms with van der Waals surface area (Å²) in [6.45, 7) is 3.09. The normalized spacial score (nSPS) is 13.8. The third kappa shape index (κ3) is 4.62. The van der Waals surface area contributed by atoms with E-state index < -0.39 is 10.0 Å². The Morgan fingerprint density at radius 3 is 2.69 bits per heavy atom. The maximum atomic E-state index is 13.4. The van der Waals surface area contributed by atoms with Crippen LogP contribution in [0.2, 0.25) is 0 Å². The summed E-state index contributed by atoms with van der Waals surface area (Å²) in [5.74, 6) is -0.261. The second-order valence-electron chi connectivity index (χ2n) is 7.21. The minimum absolute atomic E-state index is 0.111. The van der Waals surface area contributed by atoms with Crippen LogP contribution in [0.3, 0.4) is 0 Å². The van der Waals surface area contributed by atoms with Gasteiger partial charge in [0.25, 0.3) is 15.9 Å². The fourth-order valence-electron chi connectivity index (χ4n) is 3.63. The number of carbonyl (C=O) groups excluding carboxylic acids is 1. The van der Waals surface area contributed by atoms with Gasteiger partial charge in [0.1, 0.15) is 0 Å². The topological polar surface area (TPSA) is 77.9 Å².